The predicted octanol–water partition coefficient (Wildman–Crippen LogP) is 4.17. The number of thioether (sulfide) groups is 1. The van der Waals surface area contributed by atoms with Gasteiger partial charge in [0.1, 0.15) is 17.6 Å². The van der Waals surface area contributed by atoms with Crippen LogP contribution in [-0.4, -0.2) is 45.5 Å². The van der Waals surface area contributed by atoms with Gasteiger partial charge >= 0.3 is 4.87 Å². The lowest BCUT2D eigenvalue weighted by atomic mass is 9.83. The highest BCUT2D eigenvalue weighted by Crippen LogP contribution is 2.53. The number of aryl methyl sites for hydroxylation is 1. The van der Waals surface area contributed by atoms with Gasteiger partial charge in [0.25, 0.3) is 0 Å². The van der Waals surface area contributed by atoms with E-state index in [9.17, 15) is 23.6 Å². The summed E-state index contributed by atoms with van der Waals surface area (Å²) < 4.78 is 15.3. The molecule has 10 heteroatoms. The Labute approximate surface area is 227 Å². The van der Waals surface area contributed by atoms with Gasteiger partial charge in [-0.25, -0.2) is 9.29 Å². The van der Waals surface area contributed by atoms with E-state index in [1.54, 1.807) is 29.2 Å². The highest BCUT2D eigenvalue weighted by atomic mass is 32.2. The molecule has 3 aromatic rings. The quantitative estimate of drug-likeness (QED) is 0.455. The molecule has 0 radical (unpaired) electrons. The van der Waals surface area contributed by atoms with E-state index < -0.39 is 22.9 Å². The Bertz CT molecular complexity index is 1480. The molecule has 7 nitrogen and oxygen atoms in total. The summed E-state index contributed by atoms with van der Waals surface area (Å²) in [7, 11) is 0. The van der Waals surface area contributed by atoms with E-state index in [0.717, 1.165) is 36.2 Å². The van der Waals surface area contributed by atoms with Crippen LogP contribution in [0.5, 0.6) is 0 Å². The average Bonchev–Trinajstić information content (AvgIpc) is 3.36. The second-order valence-corrected chi connectivity index (χ2v) is 12.1. The predicted molar refractivity (Wildman–Crippen MR) is 144 cm³/mol. The molecule has 38 heavy (non-hydrogen) atoms. The molecule has 196 valence electrons. The lowest BCUT2D eigenvalue weighted by Crippen LogP contribution is -2.39. The van der Waals surface area contributed by atoms with Crippen LogP contribution in [0.3, 0.4) is 0 Å². The minimum absolute atomic E-state index is 0.102. The molecule has 4 heterocycles. The van der Waals surface area contributed by atoms with Crippen molar-refractivity contribution in [3.63, 3.8) is 0 Å². The van der Waals surface area contributed by atoms with Crippen LogP contribution < -0.4 is 9.77 Å². The number of thiazole rings is 1. The van der Waals surface area contributed by atoms with Crippen LogP contribution in [0.4, 0.5) is 10.1 Å². The molecule has 0 aliphatic carbocycles. The minimum Gasteiger partial charge on any atom is -0.341 e. The summed E-state index contributed by atoms with van der Waals surface area (Å²) in [6.45, 7) is 3.18. The van der Waals surface area contributed by atoms with Gasteiger partial charge in [-0.2, -0.15) is 0 Å². The second-order valence-electron chi connectivity index (χ2n) is 10.0. The summed E-state index contributed by atoms with van der Waals surface area (Å²) in [6, 6.07) is 13.1. The van der Waals surface area contributed by atoms with Crippen LogP contribution >= 0.6 is 23.1 Å². The van der Waals surface area contributed by atoms with Crippen molar-refractivity contribution in [1.82, 2.24) is 9.47 Å². The summed E-state index contributed by atoms with van der Waals surface area (Å²) in [5, 5.41) is -0.218. The summed E-state index contributed by atoms with van der Waals surface area (Å²) >= 11 is 2.20. The van der Waals surface area contributed by atoms with E-state index in [4.69, 9.17) is 0 Å². The molecule has 3 atom stereocenters. The van der Waals surface area contributed by atoms with E-state index in [2.05, 4.69) is 0 Å². The number of carbonyl (C=O) groups is 3. The highest BCUT2D eigenvalue weighted by Gasteiger charge is 2.56. The van der Waals surface area contributed by atoms with Crippen molar-refractivity contribution in [1.29, 1.82) is 0 Å². The summed E-state index contributed by atoms with van der Waals surface area (Å²) in [5.41, 5.74) is 2.17. The number of amides is 3. The number of anilines is 1. The Morgan fingerprint density at radius 1 is 0.947 bits per heavy atom. The third-order valence-electron chi connectivity index (χ3n) is 7.57. The second kappa shape index (κ2) is 9.81. The maximum absolute atomic E-state index is 13.8. The number of hydrogen-bond acceptors (Lipinski definition) is 6. The Morgan fingerprint density at radius 3 is 2.32 bits per heavy atom. The summed E-state index contributed by atoms with van der Waals surface area (Å²) in [6.07, 6.45) is 2.97. The topological polar surface area (TPSA) is 79.7 Å². The lowest BCUT2D eigenvalue weighted by Gasteiger charge is -2.31. The number of imide groups is 1. The molecule has 0 spiro atoms. The van der Waals surface area contributed by atoms with Crippen molar-refractivity contribution in [2.24, 2.45) is 5.92 Å². The lowest BCUT2D eigenvalue weighted by molar-refractivity contribution is -0.133. The molecule has 0 N–H and O–H groups in total. The average molecular weight is 552 g/mol. The first kappa shape index (κ1) is 25.1. The Morgan fingerprint density at radius 2 is 1.63 bits per heavy atom. The number of carbonyl (C=O) groups excluding carboxylic acids is 3. The highest BCUT2D eigenvalue weighted by molar-refractivity contribution is 8.00. The number of fused-ring (bicyclic) bond motifs is 2. The molecule has 2 fully saturated rings. The first-order valence-electron chi connectivity index (χ1n) is 12.7. The van der Waals surface area contributed by atoms with Gasteiger partial charge in [-0.1, -0.05) is 52.9 Å². The molecule has 6 rings (SSSR count). The van der Waals surface area contributed by atoms with Gasteiger partial charge in [-0.3, -0.25) is 23.7 Å². The number of piperidine rings is 1. The minimum atomic E-state index is -0.767. The van der Waals surface area contributed by atoms with Gasteiger partial charge in [0.2, 0.25) is 17.7 Å². The maximum Gasteiger partial charge on any atom is 0.308 e. The zero-order valence-electron chi connectivity index (χ0n) is 20.8. The number of aromatic nitrogens is 1. The van der Waals surface area contributed by atoms with Gasteiger partial charge in [0.05, 0.1) is 16.6 Å². The third kappa shape index (κ3) is 4.19. The Balaban J connectivity index is 1.43. The number of benzene rings is 2. The SMILES string of the molecule is Cc1ccc(N2C(=O)C3Sc4c(sc(=O)n4CC(=O)N4CCCCC4)[C@@H](c4ccc(F)cc4)C3C2=O)cc1. The first-order chi connectivity index (χ1) is 18.3. The van der Waals surface area contributed by atoms with Crippen LogP contribution in [0.1, 0.15) is 41.2 Å². The van der Waals surface area contributed by atoms with E-state index in [0.29, 0.717) is 34.2 Å². The molecule has 2 unspecified atom stereocenters. The molecule has 2 aromatic carbocycles. The van der Waals surface area contributed by atoms with E-state index in [1.165, 1.54) is 33.4 Å². The summed E-state index contributed by atoms with van der Waals surface area (Å²) in [5.74, 6) is -2.58. The van der Waals surface area contributed by atoms with Crippen LogP contribution in [0, 0.1) is 18.7 Å². The van der Waals surface area contributed by atoms with Crippen molar-refractivity contribution in [3.05, 3.63) is 80.0 Å². The Kier molecular flexibility index (Phi) is 6.47. The number of rotatable bonds is 4. The van der Waals surface area contributed by atoms with Crippen LogP contribution in [0.25, 0.3) is 0 Å². The summed E-state index contributed by atoms with van der Waals surface area (Å²) in [4.78, 5) is 57.3. The smallest absolute Gasteiger partial charge is 0.308 e. The molecule has 0 bridgehead atoms. The van der Waals surface area contributed by atoms with Crippen LogP contribution in [-0.2, 0) is 20.9 Å². The van der Waals surface area contributed by atoms with Crippen LogP contribution in [0.15, 0.2) is 58.4 Å². The molecule has 0 saturated carbocycles. The van der Waals surface area contributed by atoms with E-state index >= 15 is 0 Å². The largest absolute Gasteiger partial charge is 0.341 e. The van der Waals surface area contributed by atoms with E-state index in [-0.39, 0.29) is 29.1 Å². The monoisotopic (exact) mass is 551 g/mol. The number of nitrogens with zero attached hydrogens (tertiary/aromatic N) is 3. The molecule has 3 aliphatic heterocycles. The molecular weight excluding hydrogens is 525 g/mol. The molecule has 2 saturated heterocycles. The van der Waals surface area contributed by atoms with Gasteiger partial charge in [0, 0.05) is 23.9 Å². The normalized spacial score (nSPS) is 22.9. The van der Waals surface area contributed by atoms with Gasteiger partial charge in [-0.05, 0) is 56.0 Å². The standard InChI is InChI=1S/C28H26FN3O4S2/c1-16-5-11-19(12-6-16)32-25(34)22-21(17-7-9-18(29)10-8-17)24-27(37-23(22)26(32)35)31(28(36)38-24)15-20(33)30-13-3-2-4-14-30/h5-12,21-23H,2-4,13-15H2,1H3/t21-,22?,23?/m0/s1. The fourth-order valence-corrected chi connectivity index (χ4v) is 8.38. The van der Waals surface area contributed by atoms with Crippen molar-refractivity contribution < 1.29 is 18.8 Å². The van der Waals surface area contributed by atoms with Gasteiger partial charge < -0.3 is 4.90 Å². The molecule has 3 amide bonds. The number of halogens is 1. The van der Waals surface area contributed by atoms with Crippen molar-refractivity contribution in [3.8, 4) is 0 Å². The first-order valence-corrected chi connectivity index (χ1v) is 14.4. The fraction of sp³-hybridized carbons (Fsp3) is 0.357. The van der Waals surface area contributed by atoms with Crippen molar-refractivity contribution >= 4 is 46.5 Å². The Hall–Kier alpha value is -3.24. The molecule has 3 aliphatic rings. The van der Waals surface area contributed by atoms with E-state index in [1.807, 2.05) is 19.1 Å². The van der Waals surface area contributed by atoms with Crippen molar-refractivity contribution in [2.75, 3.05) is 18.0 Å². The number of hydrogen-bond donors (Lipinski definition) is 0. The fourth-order valence-electron chi connectivity index (χ4n) is 5.61. The zero-order valence-corrected chi connectivity index (χ0v) is 22.4. The van der Waals surface area contributed by atoms with Gasteiger partial charge in [0.15, 0.2) is 0 Å². The molecular formula is C28H26FN3O4S2. The van der Waals surface area contributed by atoms with Gasteiger partial charge in [-0.15, -0.1) is 0 Å². The molecule has 1 aromatic heterocycles. The maximum atomic E-state index is 13.8. The zero-order chi connectivity index (χ0) is 26.6. The van der Waals surface area contributed by atoms with Crippen LogP contribution in [0.2, 0.25) is 0 Å². The third-order valence-corrected chi connectivity index (χ3v) is 10.2. The number of likely N-dealkylation sites (tertiary alicyclic amines) is 1. The van der Waals surface area contributed by atoms with Crippen molar-refractivity contribution in [2.45, 2.75) is 48.9 Å².